The number of nitrogens with zero attached hydrogens (tertiary/aromatic N) is 3. The lowest BCUT2D eigenvalue weighted by Gasteiger charge is -2.29. The number of anilines is 1. The van der Waals surface area contributed by atoms with Gasteiger partial charge in [0, 0.05) is 12.6 Å². The van der Waals surface area contributed by atoms with E-state index in [1.165, 1.54) is 12.1 Å². The van der Waals surface area contributed by atoms with Crippen LogP contribution in [-0.2, 0) is 11.0 Å². The highest BCUT2D eigenvalue weighted by molar-refractivity contribution is 7.80. The molecular formula is C24H20F3N3O4S. The zero-order chi connectivity index (χ0) is 25.5. The molecule has 0 unspecified atom stereocenters. The summed E-state index contributed by atoms with van der Waals surface area (Å²) in [6.07, 6.45) is -4.30. The number of fused-ring (bicyclic) bond motifs is 1. The van der Waals surface area contributed by atoms with E-state index >= 15 is 0 Å². The molecule has 2 aromatic rings. The minimum Gasteiger partial charge on any atom is -0.493 e. The van der Waals surface area contributed by atoms with Gasteiger partial charge >= 0.3 is 6.18 Å². The van der Waals surface area contributed by atoms with Gasteiger partial charge in [-0.05, 0) is 62.8 Å². The normalized spacial score (nSPS) is 16.9. The van der Waals surface area contributed by atoms with Gasteiger partial charge in [0.15, 0.2) is 11.7 Å². The van der Waals surface area contributed by atoms with Gasteiger partial charge in [-0.1, -0.05) is 0 Å². The monoisotopic (exact) mass is 503 g/mol. The van der Waals surface area contributed by atoms with Gasteiger partial charge in [-0.2, -0.15) is 18.4 Å². The second-order valence-corrected chi connectivity index (χ2v) is 8.91. The molecule has 0 saturated carbocycles. The number of thiocarbonyl (C=S) groups is 1. The first kappa shape index (κ1) is 24.5. The van der Waals surface area contributed by atoms with E-state index in [0.29, 0.717) is 30.0 Å². The molecule has 1 saturated heterocycles. The maximum Gasteiger partial charge on any atom is 0.417 e. The molecule has 0 bridgehead atoms. The average Bonchev–Trinajstić information content (AvgIpc) is 3.25. The van der Waals surface area contributed by atoms with Crippen molar-refractivity contribution in [3.05, 3.63) is 53.1 Å². The van der Waals surface area contributed by atoms with Crippen LogP contribution in [0.3, 0.4) is 0 Å². The van der Waals surface area contributed by atoms with Crippen molar-refractivity contribution in [3.63, 3.8) is 0 Å². The molecule has 7 nitrogen and oxygen atoms in total. The standard InChI is InChI=1S/C24H20F3N3O4S/c1-23(2)21(32)30(15-5-4-14(12-28)18(10-15)24(25,26)27)22(35)29(23)8-3-9-33-16-6-7-17-19(31)13-34-20(17)11-16/h4-7,10-11H,3,8-9,13H2,1-2H3. The fraction of sp³-hybridized carbons (Fsp3) is 0.333. The molecule has 1 amide bonds. The third-order valence-corrected chi connectivity index (χ3v) is 6.32. The van der Waals surface area contributed by atoms with Crippen molar-refractivity contribution in [2.75, 3.05) is 24.7 Å². The molecule has 4 rings (SSSR count). The van der Waals surface area contributed by atoms with Gasteiger partial charge in [0.05, 0.1) is 35.1 Å². The maximum absolute atomic E-state index is 13.4. The van der Waals surface area contributed by atoms with Crippen LogP contribution in [0.1, 0.15) is 41.8 Å². The van der Waals surface area contributed by atoms with Crippen molar-refractivity contribution in [2.45, 2.75) is 32.0 Å². The Bertz CT molecular complexity index is 1270. The smallest absolute Gasteiger partial charge is 0.417 e. The molecule has 0 aliphatic carbocycles. The van der Waals surface area contributed by atoms with Crippen LogP contribution in [0.4, 0.5) is 18.9 Å². The number of carbonyl (C=O) groups excluding carboxylic acids is 2. The van der Waals surface area contributed by atoms with E-state index < -0.39 is 28.7 Å². The lowest BCUT2D eigenvalue weighted by molar-refractivity contribution is -0.137. The fourth-order valence-electron chi connectivity index (χ4n) is 4.02. The van der Waals surface area contributed by atoms with Gasteiger partial charge in [0.25, 0.3) is 5.91 Å². The van der Waals surface area contributed by atoms with Crippen LogP contribution in [-0.4, -0.2) is 47.0 Å². The maximum atomic E-state index is 13.4. The number of ketones is 1. The van der Waals surface area contributed by atoms with Gasteiger partial charge in [-0.15, -0.1) is 0 Å². The molecule has 0 atom stereocenters. The number of hydrogen-bond acceptors (Lipinski definition) is 6. The topological polar surface area (TPSA) is 82.9 Å². The summed E-state index contributed by atoms with van der Waals surface area (Å²) >= 11 is 5.47. The molecular weight excluding hydrogens is 483 g/mol. The Morgan fingerprint density at radius 3 is 2.63 bits per heavy atom. The molecule has 0 N–H and O–H groups in total. The molecule has 2 aliphatic heterocycles. The highest BCUT2D eigenvalue weighted by Gasteiger charge is 2.49. The van der Waals surface area contributed by atoms with E-state index in [0.717, 1.165) is 17.0 Å². The number of alkyl halides is 3. The fourth-order valence-corrected chi connectivity index (χ4v) is 4.53. The van der Waals surface area contributed by atoms with E-state index in [4.69, 9.17) is 27.0 Å². The number of amides is 1. The van der Waals surface area contributed by atoms with Gasteiger partial charge in [-0.25, -0.2) is 0 Å². The molecule has 35 heavy (non-hydrogen) atoms. The van der Waals surface area contributed by atoms with Crippen LogP contribution in [0.25, 0.3) is 0 Å². The Kier molecular flexibility index (Phi) is 6.19. The van der Waals surface area contributed by atoms with Crippen molar-refractivity contribution in [1.82, 2.24) is 4.90 Å². The molecule has 2 aliphatic rings. The summed E-state index contributed by atoms with van der Waals surface area (Å²) in [7, 11) is 0. The number of ether oxygens (including phenoxy) is 2. The number of nitriles is 1. The number of rotatable bonds is 6. The van der Waals surface area contributed by atoms with Gasteiger partial charge < -0.3 is 14.4 Å². The van der Waals surface area contributed by atoms with E-state index in [9.17, 15) is 22.8 Å². The zero-order valence-corrected chi connectivity index (χ0v) is 19.6. The van der Waals surface area contributed by atoms with Crippen LogP contribution in [0.2, 0.25) is 0 Å². The number of carbonyl (C=O) groups is 2. The third-order valence-electron chi connectivity index (χ3n) is 5.92. The summed E-state index contributed by atoms with van der Waals surface area (Å²) in [6, 6.07) is 9.56. The zero-order valence-electron chi connectivity index (χ0n) is 18.8. The number of hydrogen-bond donors (Lipinski definition) is 0. The molecule has 0 radical (unpaired) electrons. The van der Waals surface area contributed by atoms with Crippen LogP contribution in [0.5, 0.6) is 11.5 Å². The second-order valence-electron chi connectivity index (χ2n) is 8.55. The summed E-state index contributed by atoms with van der Waals surface area (Å²) < 4.78 is 51.3. The van der Waals surface area contributed by atoms with Crippen LogP contribution in [0, 0.1) is 11.3 Å². The molecule has 2 aromatic carbocycles. The lowest BCUT2D eigenvalue weighted by atomic mass is 10.0. The van der Waals surface area contributed by atoms with Crippen LogP contribution >= 0.6 is 12.2 Å². The number of benzene rings is 2. The Morgan fingerprint density at radius 1 is 1.20 bits per heavy atom. The highest BCUT2D eigenvalue weighted by Crippen LogP contribution is 2.38. The van der Waals surface area contributed by atoms with Crippen LogP contribution in [0.15, 0.2) is 36.4 Å². The van der Waals surface area contributed by atoms with E-state index in [1.54, 1.807) is 36.9 Å². The SMILES string of the molecule is CC1(C)C(=O)N(c2ccc(C#N)c(C(F)(F)F)c2)C(=S)N1CCCOc1ccc2c(c1)OCC2=O. The first-order chi connectivity index (χ1) is 16.4. The predicted octanol–water partition coefficient (Wildman–Crippen LogP) is 4.33. The summed E-state index contributed by atoms with van der Waals surface area (Å²) in [5.41, 5.74) is -2.29. The molecule has 0 spiro atoms. The van der Waals surface area contributed by atoms with E-state index in [1.807, 2.05) is 0 Å². The van der Waals surface area contributed by atoms with Crippen molar-refractivity contribution in [3.8, 4) is 17.6 Å². The number of halogens is 3. The van der Waals surface area contributed by atoms with Gasteiger partial charge in [0.2, 0.25) is 5.78 Å². The Labute approximate surface area is 204 Å². The summed E-state index contributed by atoms with van der Waals surface area (Å²) in [5.74, 6) is 0.435. The minimum atomic E-state index is -4.76. The average molecular weight is 504 g/mol. The van der Waals surface area contributed by atoms with Crippen molar-refractivity contribution < 1.29 is 32.2 Å². The largest absolute Gasteiger partial charge is 0.493 e. The first-order valence-corrected chi connectivity index (χ1v) is 11.1. The van der Waals surface area contributed by atoms with E-state index in [-0.39, 0.29) is 29.8 Å². The second kappa shape index (κ2) is 8.85. The molecule has 0 aromatic heterocycles. The third kappa shape index (κ3) is 4.41. The lowest BCUT2D eigenvalue weighted by Crippen LogP contribution is -2.44. The summed E-state index contributed by atoms with van der Waals surface area (Å²) in [4.78, 5) is 27.5. The first-order valence-electron chi connectivity index (χ1n) is 10.7. The summed E-state index contributed by atoms with van der Waals surface area (Å²) in [6.45, 7) is 3.88. The quantitative estimate of drug-likeness (QED) is 0.429. The molecule has 2 heterocycles. The van der Waals surface area contributed by atoms with Crippen molar-refractivity contribution >= 4 is 34.7 Å². The Hall–Kier alpha value is -3.65. The van der Waals surface area contributed by atoms with Gasteiger partial charge in [-0.3, -0.25) is 14.5 Å². The number of Topliss-reactive ketones (excluding diaryl/α,β-unsaturated/α-hetero) is 1. The Morgan fingerprint density at radius 2 is 1.94 bits per heavy atom. The molecule has 1 fully saturated rings. The Balaban J connectivity index is 1.46. The molecule has 182 valence electrons. The van der Waals surface area contributed by atoms with Crippen LogP contribution < -0.4 is 14.4 Å². The van der Waals surface area contributed by atoms with Crippen molar-refractivity contribution in [1.29, 1.82) is 5.26 Å². The molecule has 11 heteroatoms. The highest BCUT2D eigenvalue weighted by atomic mass is 32.1. The van der Waals surface area contributed by atoms with Crippen molar-refractivity contribution in [2.24, 2.45) is 0 Å². The minimum absolute atomic E-state index is 0.00844. The summed E-state index contributed by atoms with van der Waals surface area (Å²) in [5, 5.41) is 9.10. The van der Waals surface area contributed by atoms with E-state index in [2.05, 4.69) is 0 Å². The predicted molar refractivity (Wildman–Crippen MR) is 123 cm³/mol. The van der Waals surface area contributed by atoms with Gasteiger partial charge in [0.1, 0.15) is 17.0 Å².